The monoisotopic (exact) mass is 308 g/mol. The molecule has 1 aromatic carbocycles. The van der Waals surface area contributed by atoms with E-state index in [2.05, 4.69) is 50.5 Å². The SMILES string of the molecule is CNc1ncccc1CSc1cccc(Br)c1. The Hall–Kier alpha value is -1.00. The largest absolute Gasteiger partial charge is 0.373 e. The molecular formula is C13H13BrN2S. The van der Waals surface area contributed by atoms with E-state index in [0.717, 1.165) is 16.0 Å². The van der Waals surface area contributed by atoms with Crippen LogP contribution in [-0.2, 0) is 5.75 Å². The van der Waals surface area contributed by atoms with Crippen molar-refractivity contribution in [2.75, 3.05) is 12.4 Å². The number of pyridine rings is 1. The van der Waals surface area contributed by atoms with E-state index in [4.69, 9.17) is 0 Å². The molecule has 1 aromatic heterocycles. The summed E-state index contributed by atoms with van der Waals surface area (Å²) in [7, 11) is 1.90. The highest BCUT2D eigenvalue weighted by atomic mass is 79.9. The minimum atomic E-state index is 0.917. The van der Waals surface area contributed by atoms with Gasteiger partial charge >= 0.3 is 0 Å². The van der Waals surface area contributed by atoms with Crippen molar-refractivity contribution in [3.05, 3.63) is 52.6 Å². The van der Waals surface area contributed by atoms with Crippen molar-refractivity contribution in [3.63, 3.8) is 0 Å². The second-order valence-corrected chi connectivity index (χ2v) is 5.47. The number of hydrogen-bond acceptors (Lipinski definition) is 3. The summed E-state index contributed by atoms with van der Waals surface area (Å²) in [5, 5.41) is 3.11. The Morgan fingerprint density at radius 3 is 2.94 bits per heavy atom. The standard InChI is InChI=1S/C13H13BrN2S/c1-15-13-10(4-3-7-16-13)9-17-12-6-2-5-11(14)8-12/h2-8H,9H2,1H3,(H,15,16). The van der Waals surface area contributed by atoms with Gasteiger partial charge < -0.3 is 5.32 Å². The number of hydrogen-bond donors (Lipinski definition) is 1. The molecule has 88 valence electrons. The average Bonchev–Trinajstić information content (AvgIpc) is 2.37. The molecular weight excluding hydrogens is 296 g/mol. The first-order chi connectivity index (χ1) is 8.29. The molecule has 0 aliphatic carbocycles. The second kappa shape index (κ2) is 6.07. The first kappa shape index (κ1) is 12.5. The number of rotatable bonds is 4. The van der Waals surface area contributed by atoms with Crippen LogP contribution in [0.15, 0.2) is 52.0 Å². The van der Waals surface area contributed by atoms with Crippen LogP contribution in [0.5, 0.6) is 0 Å². The first-order valence-electron chi connectivity index (χ1n) is 5.29. The van der Waals surface area contributed by atoms with Crippen molar-refractivity contribution in [3.8, 4) is 0 Å². The highest BCUT2D eigenvalue weighted by molar-refractivity contribution is 9.10. The molecule has 2 aromatic rings. The normalized spacial score (nSPS) is 10.2. The fraction of sp³-hybridized carbons (Fsp3) is 0.154. The first-order valence-corrected chi connectivity index (χ1v) is 7.07. The van der Waals surface area contributed by atoms with Gasteiger partial charge in [-0.1, -0.05) is 28.1 Å². The summed E-state index contributed by atoms with van der Waals surface area (Å²) in [6.07, 6.45) is 1.80. The lowest BCUT2D eigenvalue weighted by Gasteiger charge is -2.07. The van der Waals surface area contributed by atoms with Crippen LogP contribution in [0.4, 0.5) is 5.82 Å². The Morgan fingerprint density at radius 1 is 1.29 bits per heavy atom. The fourth-order valence-corrected chi connectivity index (χ4v) is 2.99. The average molecular weight is 309 g/mol. The Kier molecular flexibility index (Phi) is 4.45. The molecule has 0 saturated heterocycles. The van der Waals surface area contributed by atoms with Gasteiger partial charge in [0.2, 0.25) is 0 Å². The minimum absolute atomic E-state index is 0.917. The molecule has 4 heteroatoms. The number of nitrogens with zero attached hydrogens (tertiary/aromatic N) is 1. The molecule has 0 saturated carbocycles. The molecule has 0 amide bonds. The Labute approximate surface area is 114 Å². The molecule has 1 N–H and O–H groups in total. The molecule has 0 bridgehead atoms. The van der Waals surface area contributed by atoms with Crippen LogP contribution in [0.25, 0.3) is 0 Å². The number of thioether (sulfide) groups is 1. The second-order valence-electron chi connectivity index (χ2n) is 3.51. The maximum absolute atomic E-state index is 4.29. The Balaban J connectivity index is 2.07. The van der Waals surface area contributed by atoms with Gasteiger partial charge in [0.25, 0.3) is 0 Å². The fourth-order valence-electron chi connectivity index (χ4n) is 1.50. The van der Waals surface area contributed by atoms with Crippen LogP contribution in [0.2, 0.25) is 0 Å². The molecule has 0 fully saturated rings. The molecule has 0 radical (unpaired) electrons. The molecule has 2 nitrogen and oxygen atoms in total. The van der Waals surface area contributed by atoms with E-state index in [0.29, 0.717) is 0 Å². The van der Waals surface area contributed by atoms with E-state index in [1.54, 1.807) is 6.20 Å². The predicted molar refractivity (Wildman–Crippen MR) is 77.5 cm³/mol. The van der Waals surface area contributed by atoms with Crippen molar-refractivity contribution in [2.45, 2.75) is 10.6 Å². The smallest absolute Gasteiger partial charge is 0.129 e. The third-order valence-electron chi connectivity index (χ3n) is 2.32. The lowest BCUT2D eigenvalue weighted by atomic mass is 10.3. The molecule has 0 unspecified atom stereocenters. The van der Waals surface area contributed by atoms with Gasteiger partial charge in [-0.2, -0.15) is 0 Å². The van der Waals surface area contributed by atoms with Gasteiger partial charge in [-0.05, 0) is 24.3 Å². The van der Waals surface area contributed by atoms with Crippen molar-refractivity contribution in [2.24, 2.45) is 0 Å². The zero-order valence-electron chi connectivity index (χ0n) is 9.48. The summed E-state index contributed by atoms with van der Waals surface area (Å²) in [5.74, 6) is 1.87. The number of aromatic nitrogens is 1. The van der Waals surface area contributed by atoms with E-state index in [9.17, 15) is 0 Å². The maximum atomic E-state index is 4.29. The number of halogens is 1. The lowest BCUT2D eigenvalue weighted by molar-refractivity contribution is 1.22. The van der Waals surface area contributed by atoms with Gasteiger partial charge in [-0.25, -0.2) is 4.98 Å². The van der Waals surface area contributed by atoms with Crippen molar-refractivity contribution in [1.29, 1.82) is 0 Å². The summed E-state index contributed by atoms with van der Waals surface area (Å²) in [6, 6.07) is 12.4. The van der Waals surface area contributed by atoms with Crippen molar-refractivity contribution < 1.29 is 0 Å². The van der Waals surface area contributed by atoms with E-state index >= 15 is 0 Å². The van der Waals surface area contributed by atoms with Crippen LogP contribution >= 0.6 is 27.7 Å². The Morgan fingerprint density at radius 2 is 2.18 bits per heavy atom. The molecule has 1 heterocycles. The summed E-state index contributed by atoms with van der Waals surface area (Å²) in [4.78, 5) is 5.55. The van der Waals surface area contributed by atoms with Gasteiger partial charge in [0.1, 0.15) is 5.82 Å². The summed E-state index contributed by atoms with van der Waals surface area (Å²) in [6.45, 7) is 0. The number of anilines is 1. The van der Waals surface area contributed by atoms with Crippen LogP contribution in [0.1, 0.15) is 5.56 Å². The lowest BCUT2D eigenvalue weighted by Crippen LogP contribution is -1.96. The van der Waals surface area contributed by atoms with Gasteiger partial charge in [0, 0.05) is 33.9 Å². The van der Waals surface area contributed by atoms with Gasteiger partial charge in [-0.15, -0.1) is 11.8 Å². The third-order valence-corrected chi connectivity index (χ3v) is 3.85. The molecule has 0 spiro atoms. The summed E-state index contributed by atoms with van der Waals surface area (Å²) < 4.78 is 1.11. The summed E-state index contributed by atoms with van der Waals surface area (Å²) in [5.41, 5.74) is 1.22. The van der Waals surface area contributed by atoms with Crippen LogP contribution < -0.4 is 5.32 Å². The number of nitrogens with one attached hydrogen (secondary N) is 1. The van der Waals surface area contributed by atoms with Crippen LogP contribution in [0.3, 0.4) is 0 Å². The highest BCUT2D eigenvalue weighted by Crippen LogP contribution is 2.27. The zero-order valence-corrected chi connectivity index (χ0v) is 11.9. The molecule has 2 rings (SSSR count). The van der Waals surface area contributed by atoms with Gasteiger partial charge in [0.05, 0.1) is 0 Å². The zero-order chi connectivity index (χ0) is 12.1. The predicted octanol–water partition coefficient (Wildman–Crippen LogP) is 4.18. The Bertz CT molecular complexity index is 502. The highest BCUT2D eigenvalue weighted by Gasteiger charge is 2.02. The quantitative estimate of drug-likeness (QED) is 0.858. The topological polar surface area (TPSA) is 24.9 Å². The molecule has 0 atom stereocenters. The van der Waals surface area contributed by atoms with Crippen LogP contribution in [0, 0.1) is 0 Å². The molecule has 17 heavy (non-hydrogen) atoms. The van der Waals surface area contributed by atoms with Gasteiger partial charge in [0.15, 0.2) is 0 Å². The van der Waals surface area contributed by atoms with Crippen molar-refractivity contribution >= 4 is 33.5 Å². The van der Waals surface area contributed by atoms with Crippen LogP contribution in [-0.4, -0.2) is 12.0 Å². The maximum Gasteiger partial charge on any atom is 0.129 e. The molecule has 0 aliphatic rings. The molecule has 0 aliphatic heterocycles. The van der Waals surface area contributed by atoms with E-state index in [1.807, 2.05) is 30.9 Å². The third kappa shape index (κ3) is 3.48. The van der Waals surface area contributed by atoms with Crippen molar-refractivity contribution in [1.82, 2.24) is 4.98 Å². The van der Waals surface area contributed by atoms with Gasteiger partial charge in [-0.3, -0.25) is 0 Å². The summed E-state index contributed by atoms with van der Waals surface area (Å²) >= 11 is 5.29. The van der Waals surface area contributed by atoms with E-state index < -0.39 is 0 Å². The van der Waals surface area contributed by atoms with E-state index in [1.165, 1.54) is 10.5 Å². The van der Waals surface area contributed by atoms with E-state index in [-0.39, 0.29) is 0 Å². The minimum Gasteiger partial charge on any atom is -0.373 e. The number of benzene rings is 1.